The Balaban J connectivity index is 4.79. The first-order chi connectivity index (χ1) is 8.29. The molecule has 0 heterocycles. The van der Waals surface area contributed by atoms with Crippen molar-refractivity contribution in [1.82, 2.24) is 5.32 Å². The minimum absolute atomic E-state index is 0.808. The summed E-state index contributed by atoms with van der Waals surface area (Å²) in [6.07, 6.45) is -18.8. The molecular formula is C9H12F9N. The van der Waals surface area contributed by atoms with Crippen LogP contribution >= 0.6 is 0 Å². The molecule has 0 spiro atoms. The van der Waals surface area contributed by atoms with Crippen LogP contribution in [0.2, 0.25) is 0 Å². The molecule has 1 N–H and O–H groups in total. The van der Waals surface area contributed by atoms with Crippen molar-refractivity contribution >= 4 is 0 Å². The van der Waals surface area contributed by atoms with Gasteiger partial charge in [0.15, 0.2) is 5.92 Å². The monoisotopic (exact) mass is 305 g/mol. The summed E-state index contributed by atoms with van der Waals surface area (Å²) in [5.74, 6) is -3.68. The topological polar surface area (TPSA) is 12.0 Å². The lowest BCUT2D eigenvalue weighted by Crippen LogP contribution is -2.50. The van der Waals surface area contributed by atoms with Gasteiger partial charge in [0.05, 0.1) is 0 Å². The fraction of sp³-hybridized carbons (Fsp3) is 1.00. The maximum Gasteiger partial charge on any atom is 0.401 e. The summed E-state index contributed by atoms with van der Waals surface area (Å²) in [5, 5.41) is 1.79. The molecule has 1 nitrogen and oxygen atoms in total. The zero-order chi connectivity index (χ0) is 15.5. The second-order valence-corrected chi connectivity index (χ2v) is 3.96. The maximum atomic E-state index is 12.3. The third kappa shape index (κ3) is 6.88. The van der Waals surface area contributed by atoms with Crippen LogP contribution in [0.1, 0.15) is 19.3 Å². The molecule has 0 aliphatic rings. The van der Waals surface area contributed by atoms with Crippen LogP contribution in [0.4, 0.5) is 39.5 Å². The van der Waals surface area contributed by atoms with E-state index in [9.17, 15) is 39.5 Å². The minimum atomic E-state index is -5.57. The van der Waals surface area contributed by atoms with Crippen molar-refractivity contribution in [3.63, 3.8) is 0 Å². The van der Waals surface area contributed by atoms with Gasteiger partial charge < -0.3 is 5.32 Å². The first kappa shape index (κ1) is 18.3. The van der Waals surface area contributed by atoms with Crippen LogP contribution in [-0.2, 0) is 0 Å². The lowest BCUT2D eigenvalue weighted by atomic mass is 9.93. The van der Waals surface area contributed by atoms with Crippen LogP contribution < -0.4 is 5.32 Å². The normalized spacial score (nSPS) is 15.9. The molecule has 0 aromatic carbocycles. The lowest BCUT2D eigenvalue weighted by Gasteiger charge is -2.30. The van der Waals surface area contributed by atoms with Gasteiger partial charge in [-0.25, -0.2) is 0 Å². The third-order valence-electron chi connectivity index (χ3n) is 2.45. The van der Waals surface area contributed by atoms with Gasteiger partial charge in [-0.2, -0.15) is 39.5 Å². The highest BCUT2D eigenvalue weighted by molar-refractivity contribution is 4.86. The van der Waals surface area contributed by atoms with Crippen molar-refractivity contribution in [2.75, 3.05) is 7.05 Å². The Labute approximate surface area is 103 Å². The Hall–Kier alpha value is -0.670. The first-order valence-corrected chi connectivity index (χ1v) is 5.16. The van der Waals surface area contributed by atoms with E-state index in [4.69, 9.17) is 0 Å². The Kier molecular flexibility index (Phi) is 5.97. The van der Waals surface area contributed by atoms with Gasteiger partial charge in [-0.05, 0) is 19.9 Å². The van der Waals surface area contributed by atoms with Crippen molar-refractivity contribution in [2.24, 2.45) is 5.92 Å². The number of alkyl halides is 9. The van der Waals surface area contributed by atoms with Crippen LogP contribution in [0.15, 0.2) is 0 Å². The average Bonchev–Trinajstić information content (AvgIpc) is 2.09. The van der Waals surface area contributed by atoms with Gasteiger partial charge in [-0.3, -0.25) is 0 Å². The molecule has 1 unspecified atom stereocenters. The molecule has 0 aromatic rings. The molecule has 10 heteroatoms. The first-order valence-electron chi connectivity index (χ1n) is 5.16. The molecule has 116 valence electrons. The molecule has 0 radical (unpaired) electrons. The molecular weight excluding hydrogens is 293 g/mol. The van der Waals surface area contributed by atoms with Crippen LogP contribution in [0.3, 0.4) is 0 Å². The highest BCUT2D eigenvalue weighted by atomic mass is 19.4. The van der Waals surface area contributed by atoms with Gasteiger partial charge in [-0.1, -0.05) is 0 Å². The molecule has 0 aromatic heterocycles. The third-order valence-corrected chi connectivity index (χ3v) is 2.45. The minimum Gasteiger partial charge on any atom is -0.316 e. The second kappa shape index (κ2) is 6.19. The SMILES string of the molecule is CNC(CCCC(F)(F)F)C(C(F)(F)F)C(F)(F)F. The van der Waals surface area contributed by atoms with Crippen molar-refractivity contribution in [3.8, 4) is 0 Å². The summed E-state index contributed by atoms with van der Waals surface area (Å²) >= 11 is 0. The Morgan fingerprint density at radius 3 is 1.53 bits per heavy atom. The van der Waals surface area contributed by atoms with Crippen molar-refractivity contribution in [3.05, 3.63) is 0 Å². The smallest absolute Gasteiger partial charge is 0.316 e. The molecule has 0 fully saturated rings. The summed E-state index contributed by atoms with van der Waals surface area (Å²) in [6.45, 7) is 0. The van der Waals surface area contributed by atoms with Gasteiger partial charge >= 0.3 is 18.5 Å². The molecule has 0 saturated carbocycles. The summed E-state index contributed by atoms with van der Waals surface area (Å²) in [6, 6.07) is -2.14. The van der Waals surface area contributed by atoms with Gasteiger partial charge in [-0.15, -0.1) is 0 Å². The zero-order valence-electron chi connectivity index (χ0n) is 9.68. The van der Waals surface area contributed by atoms with E-state index < -0.39 is 49.8 Å². The van der Waals surface area contributed by atoms with Crippen LogP contribution in [-0.4, -0.2) is 31.6 Å². The zero-order valence-corrected chi connectivity index (χ0v) is 9.68. The fourth-order valence-corrected chi connectivity index (χ4v) is 1.64. The number of halogens is 9. The Morgan fingerprint density at radius 1 is 0.842 bits per heavy atom. The van der Waals surface area contributed by atoms with Crippen LogP contribution in [0.5, 0.6) is 0 Å². The molecule has 0 bridgehead atoms. The number of rotatable bonds is 5. The van der Waals surface area contributed by atoms with Crippen molar-refractivity contribution in [1.29, 1.82) is 0 Å². The highest BCUT2D eigenvalue weighted by Crippen LogP contribution is 2.42. The summed E-state index contributed by atoms with van der Waals surface area (Å²) in [7, 11) is 0.850. The van der Waals surface area contributed by atoms with Gasteiger partial charge in [0.2, 0.25) is 0 Å². The van der Waals surface area contributed by atoms with E-state index in [2.05, 4.69) is 0 Å². The Bertz CT molecular complexity index is 250. The summed E-state index contributed by atoms with van der Waals surface area (Å²) in [5.41, 5.74) is 0. The van der Waals surface area contributed by atoms with Gasteiger partial charge in [0.1, 0.15) is 0 Å². The maximum absolute atomic E-state index is 12.3. The predicted octanol–water partition coefficient (Wildman–Crippen LogP) is 4.05. The van der Waals surface area contributed by atoms with E-state index in [1.54, 1.807) is 5.32 Å². The number of hydrogen-bond donors (Lipinski definition) is 1. The van der Waals surface area contributed by atoms with E-state index in [1.165, 1.54) is 0 Å². The quantitative estimate of drug-likeness (QED) is 0.756. The molecule has 0 saturated heterocycles. The van der Waals surface area contributed by atoms with E-state index in [0.717, 1.165) is 7.05 Å². The molecule has 0 rings (SSSR count). The molecule has 0 aliphatic carbocycles. The summed E-state index contributed by atoms with van der Waals surface area (Å²) in [4.78, 5) is 0. The molecule has 1 atom stereocenters. The van der Waals surface area contributed by atoms with Crippen molar-refractivity contribution < 1.29 is 39.5 Å². The average molecular weight is 305 g/mol. The molecule has 0 amide bonds. The van der Waals surface area contributed by atoms with E-state index >= 15 is 0 Å². The van der Waals surface area contributed by atoms with E-state index in [-0.39, 0.29) is 0 Å². The number of nitrogens with one attached hydrogen (secondary N) is 1. The van der Waals surface area contributed by atoms with Gasteiger partial charge in [0, 0.05) is 12.5 Å². The highest BCUT2D eigenvalue weighted by Gasteiger charge is 2.59. The van der Waals surface area contributed by atoms with Crippen LogP contribution in [0, 0.1) is 5.92 Å². The van der Waals surface area contributed by atoms with E-state index in [1.807, 2.05) is 0 Å². The van der Waals surface area contributed by atoms with E-state index in [0.29, 0.717) is 0 Å². The molecule has 0 aliphatic heterocycles. The second-order valence-electron chi connectivity index (χ2n) is 3.96. The predicted molar refractivity (Wildman–Crippen MR) is 48.4 cm³/mol. The van der Waals surface area contributed by atoms with Gasteiger partial charge in [0.25, 0.3) is 0 Å². The fourth-order valence-electron chi connectivity index (χ4n) is 1.64. The largest absolute Gasteiger partial charge is 0.401 e. The summed E-state index contributed by atoms with van der Waals surface area (Å²) < 4.78 is 109. The molecule has 19 heavy (non-hydrogen) atoms. The van der Waals surface area contributed by atoms with Crippen molar-refractivity contribution in [2.45, 2.75) is 43.8 Å². The standard InChI is InChI=1S/C9H12F9N/c1-19-5(3-2-4-7(10,11)12)6(8(13,14)15)9(16,17)18/h5-6,19H,2-4H2,1H3. The van der Waals surface area contributed by atoms with Crippen LogP contribution in [0.25, 0.3) is 0 Å². The Morgan fingerprint density at radius 2 is 1.26 bits per heavy atom. The lowest BCUT2D eigenvalue weighted by molar-refractivity contribution is -0.292. The number of hydrogen-bond acceptors (Lipinski definition) is 1.